The van der Waals surface area contributed by atoms with Crippen LogP contribution in [0.25, 0.3) is 0 Å². The molecular weight excluding hydrogens is 424 g/mol. The molecule has 0 radical (unpaired) electrons. The molecule has 0 aromatic carbocycles. The van der Waals surface area contributed by atoms with E-state index in [1.54, 1.807) is 13.8 Å². The Bertz CT molecular complexity index is 736. The van der Waals surface area contributed by atoms with Crippen molar-refractivity contribution in [1.82, 2.24) is 21.3 Å². The summed E-state index contributed by atoms with van der Waals surface area (Å²) in [6.07, 6.45) is 0.431. The second kappa shape index (κ2) is 12.6. The van der Waals surface area contributed by atoms with Crippen LogP contribution >= 0.6 is 0 Å². The lowest BCUT2D eigenvalue weighted by Gasteiger charge is -2.25. The zero-order chi connectivity index (χ0) is 24.4. The molecule has 1 fully saturated rings. The second-order valence-corrected chi connectivity index (χ2v) is 8.02. The quantitative estimate of drug-likeness (QED) is 0.152. The number of aliphatic carboxylic acids is 1. The largest absolute Gasteiger partial charge is 0.480 e. The SMILES string of the molecule is CC(C)C(NC(=O)C(CC(N)=O)NC(=O)C(CCC(N)=O)NC(=O)C1CCCN1)C(=O)O. The fourth-order valence-corrected chi connectivity index (χ4v) is 3.19. The molecule has 1 heterocycles. The molecule has 13 nitrogen and oxygen atoms in total. The van der Waals surface area contributed by atoms with E-state index >= 15 is 0 Å². The van der Waals surface area contributed by atoms with Gasteiger partial charge in [0.15, 0.2) is 0 Å². The maximum Gasteiger partial charge on any atom is 0.326 e. The molecule has 32 heavy (non-hydrogen) atoms. The van der Waals surface area contributed by atoms with Crippen molar-refractivity contribution < 1.29 is 33.9 Å². The second-order valence-electron chi connectivity index (χ2n) is 8.02. The van der Waals surface area contributed by atoms with Gasteiger partial charge in [-0.15, -0.1) is 0 Å². The Kier molecular flexibility index (Phi) is 10.5. The first-order valence-electron chi connectivity index (χ1n) is 10.4. The molecule has 0 aromatic rings. The van der Waals surface area contributed by atoms with Crippen molar-refractivity contribution in [2.45, 2.75) is 70.1 Å². The topological polar surface area (TPSA) is 223 Å². The number of nitrogens with one attached hydrogen (secondary N) is 4. The minimum atomic E-state index is -1.47. The minimum Gasteiger partial charge on any atom is -0.480 e. The molecule has 4 unspecified atom stereocenters. The maximum absolute atomic E-state index is 12.8. The molecule has 13 heteroatoms. The van der Waals surface area contributed by atoms with Crippen molar-refractivity contribution >= 4 is 35.5 Å². The van der Waals surface area contributed by atoms with Crippen molar-refractivity contribution in [3.63, 3.8) is 0 Å². The van der Waals surface area contributed by atoms with E-state index in [9.17, 15) is 33.9 Å². The van der Waals surface area contributed by atoms with Crippen LogP contribution in [-0.4, -0.2) is 71.3 Å². The molecule has 4 atom stereocenters. The van der Waals surface area contributed by atoms with Crippen molar-refractivity contribution in [2.24, 2.45) is 17.4 Å². The predicted molar refractivity (Wildman–Crippen MR) is 112 cm³/mol. The van der Waals surface area contributed by atoms with Gasteiger partial charge in [0.1, 0.15) is 18.1 Å². The van der Waals surface area contributed by atoms with E-state index in [-0.39, 0.29) is 12.8 Å². The van der Waals surface area contributed by atoms with Crippen molar-refractivity contribution in [2.75, 3.05) is 6.54 Å². The lowest BCUT2D eigenvalue weighted by molar-refractivity contribution is -0.143. The summed E-state index contributed by atoms with van der Waals surface area (Å²) in [5, 5.41) is 19.4. The van der Waals surface area contributed by atoms with Gasteiger partial charge in [0, 0.05) is 6.42 Å². The molecule has 1 aliphatic rings. The normalized spacial score (nSPS) is 18.3. The van der Waals surface area contributed by atoms with Crippen LogP contribution in [0.1, 0.15) is 46.0 Å². The molecule has 0 saturated carbocycles. The number of primary amides is 2. The van der Waals surface area contributed by atoms with Crippen LogP contribution in [0.5, 0.6) is 0 Å². The number of amides is 5. The highest BCUT2D eigenvalue weighted by Gasteiger charge is 2.33. The molecule has 1 rings (SSSR count). The Morgan fingerprint density at radius 2 is 1.59 bits per heavy atom. The summed E-state index contributed by atoms with van der Waals surface area (Å²) in [5.41, 5.74) is 10.3. The number of carboxylic acids is 1. The summed E-state index contributed by atoms with van der Waals surface area (Å²) >= 11 is 0. The number of carbonyl (C=O) groups excluding carboxylic acids is 5. The molecule has 1 aliphatic heterocycles. The van der Waals surface area contributed by atoms with E-state index in [2.05, 4.69) is 21.3 Å². The number of rotatable bonds is 13. The first-order valence-corrected chi connectivity index (χ1v) is 10.4. The molecule has 0 aromatic heterocycles. The lowest BCUT2D eigenvalue weighted by Crippen LogP contribution is -2.58. The first kappa shape index (κ1) is 26.8. The monoisotopic (exact) mass is 456 g/mol. The van der Waals surface area contributed by atoms with Crippen LogP contribution in [0.4, 0.5) is 0 Å². The Morgan fingerprint density at radius 1 is 0.969 bits per heavy atom. The van der Waals surface area contributed by atoms with E-state index in [0.29, 0.717) is 13.0 Å². The van der Waals surface area contributed by atoms with Gasteiger partial charge in [0.05, 0.1) is 12.5 Å². The van der Waals surface area contributed by atoms with Gasteiger partial charge in [-0.05, 0) is 31.7 Å². The van der Waals surface area contributed by atoms with E-state index in [0.717, 1.165) is 6.42 Å². The summed E-state index contributed by atoms with van der Waals surface area (Å²) in [5.74, 6) is -5.56. The number of carbonyl (C=O) groups is 6. The molecule has 1 saturated heterocycles. The van der Waals surface area contributed by atoms with Crippen LogP contribution in [0.2, 0.25) is 0 Å². The Hall–Kier alpha value is -3.22. The summed E-state index contributed by atoms with van der Waals surface area (Å²) in [7, 11) is 0. The smallest absolute Gasteiger partial charge is 0.326 e. The Labute approximate surface area is 185 Å². The molecule has 9 N–H and O–H groups in total. The van der Waals surface area contributed by atoms with Gasteiger partial charge in [-0.2, -0.15) is 0 Å². The van der Waals surface area contributed by atoms with Gasteiger partial charge in [0.2, 0.25) is 29.5 Å². The van der Waals surface area contributed by atoms with Gasteiger partial charge in [-0.1, -0.05) is 13.8 Å². The van der Waals surface area contributed by atoms with E-state index in [4.69, 9.17) is 11.5 Å². The van der Waals surface area contributed by atoms with Gasteiger partial charge in [0.25, 0.3) is 0 Å². The lowest BCUT2D eigenvalue weighted by atomic mass is 10.0. The molecular formula is C19H32N6O7. The fourth-order valence-electron chi connectivity index (χ4n) is 3.19. The number of hydrogen-bond donors (Lipinski definition) is 7. The van der Waals surface area contributed by atoms with Gasteiger partial charge in [-0.25, -0.2) is 4.79 Å². The van der Waals surface area contributed by atoms with Crippen molar-refractivity contribution in [3.05, 3.63) is 0 Å². The van der Waals surface area contributed by atoms with Crippen molar-refractivity contribution in [3.8, 4) is 0 Å². The van der Waals surface area contributed by atoms with Crippen LogP contribution in [0.3, 0.4) is 0 Å². The number of carboxylic acid groups (broad SMARTS) is 1. The number of nitrogens with two attached hydrogens (primary N) is 2. The average molecular weight is 457 g/mol. The predicted octanol–water partition coefficient (Wildman–Crippen LogP) is -2.93. The summed E-state index contributed by atoms with van der Waals surface area (Å²) in [6, 6.07) is -4.43. The molecule has 0 spiro atoms. The molecule has 180 valence electrons. The minimum absolute atomic E-state index is 0.131. The van der Waals surface area contributed by atoms with Crippen LogP contribution in [0.15, 0.2) is 0 Å². The standard InChI is InChI=1S/C19H32N6O7/c1-9(2)15(19(31)32)25-18(30)12(8-14(21)27)24-17(29)11(5-6-13(20)26)23-16(28)10-4-3-7-22-10/h9-12,15,22H,3-8H2,1-2H3,(H2,20,26)(H2,21,27)(H,23,28)(H,24,29)(H,25,30)(H,31,32). The third-order valence-corrected chi connectivity index (χ3v) is 4.96. The summed E-state index contributed by atoms with van der Waals surface area (Å²) in [6.45, 7) is 3.80. The first-order chi connectivity index (χ1) is 14.9. The zero-order valence-electron chi connectivity index (χ0n) is 18.2. The van der Waals surface area contributed by atoms with Crippen LogP contribution in [0, 0.1) is 5.92 Å². The van der Waals surface area contributed by atoms with Crippen LogP contribution in [-0.2, 0) is 28.8 Å². The highest BCUT2D eigenvalue weighted by Crippen LogP contribution is 2.08. The Balaban J connectivity index is 2.95. The van der Waals surface area contributed by atoms with Gasteiger partial charge in [-0.3, -0.25) is 24.0 Å². The number of hydrogen-bond acceptors (Lipinski definition) is 7. The third kappa shape index (κ3) is 8.88. The molecule has 5 amide bonds. The highest BCUT2D eigenvalue weighted by atomic mass is 16.4. The molecule has 0 aliphatic carbocycles. The third-order valence-electron chi connectivity index (χ3n) is 4.96. The summed E-state index contributed by atoms with van der Waals surface area (Å²) in [4.78, 5) is 71.8. The van der Waals surface area contributed by atoms with Gasteiger partial charge < -0.3 is 37.8 Å². The fraction of sp³-hybridized carbons (Fsp3) is 0.684. The van der Waals surface area contributed by atoms with Crippen LogP contribution < -0.4 is 32.7 Å². The van der Waals surface area contributed by atoms with Crippen molar-refractivity contribution in [1.29, 1.82) is 0 Å². The van der Waals surface area contributed by atoms with Gasteiger partial charge >= 0.3 is 5.97 Å². The van der Waals surface area contributed by atoms with E-state index in [1.807, 2.05) is 0 Å². The highest BCUT2D eigenvalue weighted by molar-refractivity contribution is 5.96. The average Bonchev–Trinajstić information content (AvgIpc) is 3.22. The zero-order valence-corrected chi connectivity index (χ0v) is 18.2. The van der Waals surface area contributed by atoms with E-state index in [1.165, 1.54) is 0 Å². The Morgan fingerprint density at radius 3 is 2.06 bits per heavy atom. The maximum atomic E-state index is 12.8. The van der Waals surface area contributed by atoms with E-state index < -0.39 is 72.0 Å². The molecule has 0 bridgehead atoms. The summed E-state index contributed by atoms with van der Waals surface area (Å²) < 4.78 is 0.